The first kappa shape index (κ1) is 14.5. The van der Waals surface area contributed by atoms with Crippen molar-refractivity contribution in [3.05, 3.63) is 29.3 Å². The van der Waals surface area contributed by atoms with Crippen molar-refractivity contribution in [1.82, 2.24) is 5.32 Å². The number of carbonyl (C=O) groups is 2. The highest BCUT2D eigenvalue weighted by Gasteiger charge is 2.39. The molecule has 2 atom stereocenters. The van der Waals surface area contributed by atoms with Crippen molar-refractivity contribution in [3.63, 3.8) is 0 Å². The molecule has 2 aliphatic rings. The molecule has 0 radical (unpaired) electrons. The van der Waals surface area contributed by atoms with Crippen LogP contribution in [0.15, 0.2) is 24.3 Å². The van der Waals surface area contributed by atoms with Crippen LogP contribution < -0.4 is 10.2 Å². The summed E-state index contributed by atoms with van der Waals surface area (Å²) in [4.78, 5) is 25.7. The number of carbonyl (C=O) groups excluding carboxylic acids is 2. The molecule has 2 fully saturated rings. The molecule has 0 saturated carbocycles. The number of ether oxygens (including phenoxy) is 1. The molecule has 2 amide bonds. The minimum absolute atomic E-state index is 0.150. The van der Waals surface area contributed by atoms with Crippen LogP contribution in [0.4, 0.5) is 5.69 Å². The third-order valence-electron chi connectivity index (χ3n) is 3.85. The van der Waals surface area contributed by atoms with Gasteiger partial charge in [-0.3, -0.25) is 9.59 Å². The maximum atomic E-state index is 12.4. The number of hydrogen-bond acceptors (Lipinski definition) is 4. The van der Waals surface area contributed by atoms with Gasteiger partial charge >= 0.3 is 0 Å². The van der Waals surface area contributed by atoms with E-state index in [0.29, 0.717) is 17.3 Å². The second kappa shape index (κ2) is 6.13. The molecule has 1 N–H and O–H groups in total. The van der Waals surface area contributed by atoms with Crippen LogP contribution in [0.2, 0.25) is 5.02 Å². The van der Waals surface area contributed by atoms with Gasteiger partial charge in [-0.25, -0.2) is 4.90 Å². The summed E-state index contributed by atoms with van der Waals surface area (Å²) in [5, 5.41) is 3.73. The van der Waals surface area contributed by atoms with E-state index in [1.165, 1.54) is 4.90 Å². The Balaban J connectivity index is 1.65. The summed E-state index contributed by atoms with van der Waals surface area (Å²) < 4.78 is 5.51. The summed E-state index contributed by atoms with van der Waals surface area (Å²) in [6, 6.07) is 6.24. The smallest absolute Gasteiger partial charge is 0.251 e. The summed E-state index contributed by atoms with van der Waals surface area (Å²) in [6.45, 7) is 1.39. The SMILES string of the molecule is O=C1C[C@H](NC[C@@H]2CCCO2)C(=O)N1c1ccc(Cl)cc1. The number of nitrogens with zero attached hydrogens (tertiary/aromatic N) is 1. The standard InChI is InChI=1S/C15H17ClN2O3/c16-10-3-5-11(6-4-10)18-14(19)8-13(15(18)20)17-9-12-2-1-7-21-12/h3-6,12-13,17H,1-2,7-9H2/t12-,13-/m0/s1. The van der Waals surface area contributed by atoms with E-state index in [4.69, 9.17) is 16.3 Å². The molecule has 1 aromatic carbocycles. The normalized spacial score (nSPS) is 25.9. The van der Waals surface area contributed by atoms with Crippen LogP contribution in [0.25, 0.3) is 0 Å². The number of rotatable bonds is 4. The van der Waals surface area contributed by atoms with E-state index in [2.05, 4.69) is 5.32 Å². The quantitative estimate of drug-likeness (QED) is 0.861. The Bertz CT molecular complexity index is 540. The second-order valence-corrected chi connectivity index (χ2v) is 5.78. The molecule has 3 rings (SSSR count). The fraction of sp³-hybridized carbons (Fsp3) is 0.467. The molecule has 6 heteroatoms. The predicted octanol–water partition coefficient (Wildman–Crippen LogP) is 1.74. The number of imide groups is 1. The zero-order valence-electron chi connectivity index (χ0n) is 11.5. The maximum Gasteiger partial charge on any atom is 0.251 e. The summed E-state index contributed by atoms with van der Waals surface area (Å²) in [5.41, 5.74) is 0.566. The lowest BCUT2D eigenvalue weighted by Gasteiger charge is -2.17. The van der Waals surface area contributed by atoms with E-state index in [1.807, 2.05) is 0 Å². The Hall–Kier alpha value is -1.43. The molecule has 1 aromatic rings. The minimum Gasteiger partial charge on any atom is -0.377 e. The van der Waals surface area contributed by atoms with Gasteiger partial charge in [-0.1, -0.05) is 11.6 Å². The molecular weight excluding hydrogens is 292 g/mol. The predicted molar refractivity (Wildman–Crippen MR) is 79.3 cm³/mol. The van der Waals surface area contributed by atoms with E-state index in [0.717, 1.165) is 19.4 Å². The van der Waals surface area contributed by atoms with E-state index in [1.54, 1.807) is 24.3 Å². The average Bonchev–Trinajstić information content (AvgIpc) is 3.07. The average molecular weight is 309 g/mol. The van der Waals surface area contributed by atoms with Crippen LogP contribution >= 0.6 is 11.6 Å². The van der Waals surface area contributed by atoms with Crippen LogP contribution in [0.1, 0.15) is 19.3 Å². The van der Waals surface area contributed by atoms with Crippen molar-refractivity contribution in [2.75, 3.05) is 18.1 Å². The number of halogens is 1. The zero-order valence-corrected chi connectivity index (χ0v) is 12.3. The van der Waals surface area contributed by atoms with Crippen molar-refractivity contribution in [1.29, 1.82) is 0 Å². The van der Waals surface area contributed by atoms with E-state index in [9.17, 15) is 9.59 Å². The van der Waals surface area contributed by atoms with Gasteiger partial charge in [-0.05, 0) is 37.1 Å². The first-order valence-corrected chi connectivity index (χ1v) is 7.50. The Kier molecular flexibility index (Phi) is 4.24. The lowest BCUT2D eigenvalue weighted by Crippen LogP contribution is -2.41. The summed E-state index contributed by atoms with van der Waals surface area (Å²) >= 11 is 5.83. The molecule has 0 spiro atoms. The van der Waals surface area contributed by atoms with Crippen LogP contribution in [0, 0.1) is 0 Å². The van der Waals surface area contributed by atoms with Gasteiger partial charge in [-0.15, -0.1) is 0 Å². The molecular formula is C15H17ClN2O3. The summed E-state index contributed by atoms with van der Waals surface area (Å²) in [6.07, 6.45) is 2.40. The van der Waals surface area contributed by atoms with Gasteiger partial charge in [0.25, 0.3) is 5.91 Å². The molecule has 0 aliphatic carbocycles. The van der Waals surface area contributed by atoms with Crippen LogP contribution in [-0.4, -0.2) is 37.1 Å². The third-order valence-corrected chi connectivity index (χ3v) is 4.10. The Morgan fingerprint density at radius 1 is 1.29 bits per heavy atom. The molecule has 0 bridgehead atoms. The van der Waals surface area contributed by atoms with Crippen molar-refractivity contribution < 1.29 is 14.3 Å². The van der Waals surface area contributed by atoms with Gasteiger partial charge in [0, 0.05) is 18.2 Å². The second-order valence-electron chi connectivity index (χ2n) is 5.34. The highest BCUT2D eigenvalue weighted by Crippen LogP contribution is 2.24. The first-order chi connectivity index (χ1) is 10.1. The molecule has 112 valence electrons. The molecule has 2 aliphatic heterocycles. The maximum absolute atomic E-state index is 12.4. The number of amides is 2. The molecule has 2 saturated heterocycles. The van der Waals surface area contributed by atoms with Gasteiger partial charge in [0.1, 0.15) is 0 Å². The summed E-state index contributed by atoms with van der Waals surface area (Å²) in [7, 11) is 0. The molecule has 0 aromatic heterocycles. The largest absolute Gasteiger partial charge is 0.377 e. The van der Waals surface area contributed by atoms with Gasteiger partial charge in [0.15, 0.2) is 0 Å². The van der Waals surface area contributed by atoms with Gasteiger partial charge < -0.3 is 10.1 Å². The van der Waals surface area contributed by atoms with Gasteiger partial charge in [0.2, 0.25) is 5.91 Å². The van der Waals surface area contributed by atoms with Crippen molar-refractivity contribution in [2.24, 2.45) is 0 Å². The highest BCUT2D eigenvalue weighted by atomic mass is 35.5. The molecule has 21 heavy (non-hydrogen) atoms. The van der Waals surface area contributed by atoms with Crippen molar-refractivity contribution in [3.8, 4) is 0 Å². The fourth-order valence-electron chi connectivity index (χ4n) is 2.73. The topological polar surface area (TPSA) is 58.6 Å². The number of nitrogens with one attached hydrogen (secondary N) is 1. The monoisotopic (exact) mass is 308 g/mol. The van der Waals surface area contributed by atoms with E-state index < -0.39 is 6.04 Å². The lowest BCUT2D eigenvalue weighted by atomic mass is 10.2. The van der Waals surface area contributed by atoms with Crippen molar-refractivity contribution in [2.45, 2.75) is 31.4 Å². The number of hydrogen-bond donors (Lipinski definition) is 1. The molecule has 5 nitrogen and oxygen atoms in total. The first-order valence-electron chi connectivity index (χ1n) is 7.12. The van der Waals surface area contributed by atoms with E-state index >= 15 is 0 Å². The molecule has 0 unspecified atom stereocenters. The van der Waals surface area contributed by atoms with Crippen LogP contribution in [-0.2, 0) is 14.3 Å². The Morgan fingerprint density at radius 3 is 2.71 bits per heavy atom. The summed E-state index contributed by atoms with van der Waals surface area (Å²) in [5.74, 6) is -0.396. The minimum atomic E-state index is -0.461. The highest BCUT2D eigenvalue weighted by molar-refractivity contribution is 6.30. The Labute approximate surface area is 128 Å². The Morgan fingerprint density at radius 2 is 2.05 bits per heavy atom. The third kappa shape index (κ3) is 3.10. The number of benzene rings is 1. The van der Waals surface area contributed by atoms with Gasteiger partial charge in [-0.2, -0.15) is 0 Å². The van der Waals surface area contributed by atoms with Crippen molar-refractivity contribution >= 4 is 29.1 Å². The van der Waals surface area contributed by atoms with Gasteiger partial charge in [0.05, 0.1) is 24.3 Å². The number of anilines is 1. The van der Waals surface area contributed by atoms with E-state index in [-0.39, 0.29) is 24.3 Å². The lowest BCUT2D eigenvalue weighted by molar-refractivity contribution is -0.121. The van der Waals surface area contributed by atoms with Crippen LogP contribution in [0.5, 0.6) is 0 Å². The zero-order chi connectivity index (χ0) is 14.8. The molecule has 2 heterocycles. The fourth-order valence-corrected chi connectivity index (χ4v) is 2.86. The van der Waals surface area contributed by atoms with Crippen LogP contribution in [0.3, 0.4) is 0 Å².